The second-order valence-corrected chi connectivity index (χ2v) is 4.25. The number of nitrogens with zero attached hydrogens (tertiary/aromatic N) is 1. The third-order valence-corrected chi connectivity index (χ3v) is 3.29. The normalized spacial score (nSPS) is 10.4. The van der Waals surface area contributed by atoms with Crippen molar-refractivity contribution in [3.8, 4) is 10.6 Å². The molecule has 0 bridgehead atoms. The van der Waals surface area contributed by atoms with E-state index in [4.69, 9.17) is 11.6 Å². The fraction of sp³-hybridized carbons (Fsp3) is 0.182. The first kappa shape index (κ1) is 9.69. The van der Waals surface area contributed by atoms with Crippen molar-refractivity contribution in [3.05, 3.63) is 40.9 Å². The highest BCUT2D eigenvalue weighted by Crippen LogP contribution is 2.23. The standard InChI is InChI=1S/C11H10ClNS/c1-8-7-14-11(13-8)10-4-2-9(6-12)3-5-10/h2-5,7H,6H2,1H3. The first-order valence-electron chi connectivity index (χ1n) is 4.37. The molecular weight excluding hydrogens is 214 g/mol. The van der Waals surface area contributed by atoms with Gasteiger partial charge in [0.05, 0.1) is 0 Å². The van der Waals surface area contributed by atoms with Gasteiger partial charge in [-0.15, -0.1) is 22.9 Å². The van der Waals surface area contributed by atoms with Crippen molar-refractivity contribution in [3.63, 3.8) is 0 Å². The van der Waals surface area contributed by atoms with E-state index in [1.807, 2.05) is 19.1 Å². The Morgan fingerprint density at radius 3 is 2.50 bits per heavy atom. The van der Waals surface area contributed by atoms with Gasteiger partial charge < -0.3 is 0 Å². The predicted octanol–water partition coefficient (Wildman–Crippen LogP) is 3.86. The average Bonchev–Trinajstić information content (AvgIpc) is 2.65. The Balaban J connectivity index is 2.33. The van der Waals surface area contributed by atoms with Crippen LogP contribution in [-0.2, 0) is 5.88 Å². The summed E-state index contributed by atoms with van der Waals surface area (Å²) in [5.74, 6) is 0.567. The third kappa shape index (κ3) is 1.97. The number of alkyl halides is 1. The summed E-state index contributed by atoms with van der Waals surface area (Å²) in [4.78, 5) is 4.42. The van der Waals surface area contributed by atoms with Crippen LogP contribution in [0.15, 0.2) is 29.6 Å². The van der Waals surface area contributed by atoms with Gasteiger partial charge in [-0.1, -0.05) is 24.3 Å². The number of halogens is 1. The number of aryl methyl sites for hydroxylation is 1. The van der Waals surface area contributed by atoms with E-state index >= 15 is 0 Å². The van der Waals surface area contributed by atoms with Gasteiger partial charge in [-0.2, -0.15) is 0 Å². The van der Waals surface area contributed by atoms with Crippen LogP contribution >= 0.6 is 22.9 Å². The monoisotopic (exact) mass is 223 g/mol. The Morgan fingerprint density at radius 1 is 1.29 bits per heavy atom. The van der Waals surface area contributed by atoms with E-state index < -0.39 is 0 Å². The van der Waals surface area contributed by atoms with Gasteiger partial charge in [0.2, 0.25) is 0 Å². The van der Waals surface area contributed by atoms with E-state index in [-0.39, 0.29) is 0 Å². The molecule has 0 unspecified atom stereocenters. The van der Waals surface area contributed by atoms with Crippen LogP contribution < -0.4 is 0 Å². The molecule has 0 saturated heterocycles. The molecule has 0 aliphatic carbocycles. The summed E-state index contributed by atoms with van der Waals surface area (Å²) < 4.78 is 0. The Hall–Kier alpha value is -0.860. The SMILES string of the molecule is Cc1csc(-c2ccc(CCl)cc2)n1. The van der Waals surface area contributed by atoms with Crippen LogP contribution in [-0.4, -0.2) is 4.98 Å². The predicted molar refractivity (Wildman–Crippen MR) is 61.8 cm³/mol. The summed E-state index contributed by atoms with van der Waals surface area (Å²) >= 11 is 7.39. The lowest BCUT2D eigenvalue weighted by molar-refractivity contribution is 1.27. The maximum absolute atomic E-state index is 5.72. The van der Waals surface area contributed by atoms with Crippen molar-refractivity contribution >= 4 is 22.9 Å². The molecule has 72 valence electrons. The smallest absolute Gasteiger partial charge is 0.123 e. The average molecular weight is 224 g/mol. The van der Waals surface area contributed by atoms with E-state index in [0.29, 0.717) is 5.88 Å². The molecule has 0 aliphatic heterocycles. The quantitative estimate of drug-likeness (QED) is 0.705. The van der Waals surface area contributed by atoms with Crippen LogP contribution in [0.1, 0.15) is 11.3 Å². The van der Waals surface area contributed by atoms with Gasteiger partial charge in [-0.25, -0.2) is 4.98 Å². The third-order valence-electron chi connectivity index (χ3n) is 1.97. The van der Waals surface area contributed by atoms with Crippen LogP contribution in [0.2, 0.25) is 0 Å². The molecule has 1 nitrogen and oxygen atoms in total. The van der Waals surface area contributed by atoms with Crippen LogP contribution in [0.4, 0.5) is 0 Å². The van der Waals surface area contributed by atoms with Crippen molar-refractivity contribution in [2.45, 2.75) is 12.8 Å². The van der Waals surface area contributed by atoms with Crippen molar-refractivity contribution < 1.29 is 0 Å². The summed E-state index contributed by atoms with van der Waals surface area (Å²) in [6.07, 6.45) is 0. The number of aromatic nitrogens is 1. The lowest BCUT2D eigenvalue weighted by Crippen LogP contribution is -1.79. The van der Waals surface area contributed by atoms with Crippen molar-refractivity contribution in [2.75, 3.05) is 0 Å². The molecule has 0 spiro atoms. The van der Waals surface area contributed by atoms with Gasteiger partial charge in [-0.05, 0) is 12.5 Å². The molecule has 14 heavy (non-hydrogen) atoms. The second kappa shape index (κ2) is 4.11. The van der Waals surface area contributed by atoms with E-state index in [0.717, 1.165) is 21.8 Å². The minimum absolute atomic E-state index is 0.567. The Kier molecular flexibility index (Phi) is 2.85. The van der Waals surface area contributed by atoms with Crippen LogP contribution in [0, 0.1) is 6.92 Å². The zero-order valence-electron chi connectivity index (χ0n) is 7.83. The minimum atomic E-state index is 0.567. The number of thiazole rings is 1. The van der Waals surface area contributed by atoms with Gasteiger partial charge >= 0.3 is 0 Å². The lowest BCUT2D eigenvalue weighted by Gasteiger charge is -1.97. The molecule has 0 amide bonds. The van der Waals surface area contributed by atoms with Crippen molar-refractivity contribution in [1.29, 1.82) is 0 Å². The molecule has 2 rings (SSSR count). The van der Waals surface area contributed by atoms with E-state index in [9.17, 15) is 0 Å². The highest BCUT2D eigenvalue weighted by Gasteiger charge is 2.01. The molecule has 0 radical (unpaired) electrons. The topological polar surface area (TPSA) is 12.9 Å². The fourth-order valence-electron chi connectivity index (χ4n) is 1.22. The highest BCUT2D eigenvalue weighted by molar-refractivity contribution is 7.13. The van der Waals surface area contributed by atoms with Crippen molar-refractivity contribution in [1.82, 2.24) is 4.98 Å². The van der Waals surface area contributed by atoms with E-state index in [1.54, 1.807) is 11.3 Å². The van der Waals surface area contributed by atoms with Gasteiger partial charge in [0.15, 0.2) is 0 Å². The van der Waals surface area contributed by atoms with Gasteiger partial charge in [-0.3, -0.25) is 0 Å². The summed E-state index contributed by atoms with van der Waals surface area (Å²) in [6.45, 7) is 2.01. The molecule has 1 heterocycles. The molecule has 3 heteroatoms. The minimum Gasteiger partial charge on any atom is -0.241 e. The maximum Gasteiger partial charge on any atom is 0.123 e. The first-order valence-corrected chi connectivity index (χ1v) is 5.78. The van der Waals surface area contributed by atoms with Crippen molar-refractivity contribution in [2.24, 2.45) is 0 Å². The number of hydrogen-bond acceptors (Lipinski definition) is 2. The summed E-state index contributed by atoms with van der Waals surface area (Å²) in [7, 11) is 0. The Bertz CT molecular complexity index is 419. The molecule has 0 N–H and O–H groups in total. The molecular formula is C11H10ClNS. The molecule has 1 aromatic carbocycles. The Morgan fingerprint density at radius 2 is 2.00 bits per heavy atom. The number of hydrogen-bond donors (Lipinski definition) is 0. The van der Waals surface area contributed by atoms with Crippen LogP contribution in [0.3, 0.4) is 0 Å². The largest absolute Gasteiger partial charge is 0.241 e. The zero-order chi connectivity index (χ0) is 9.97. The fourth-order valence-corrected chi connectivity index (χ4v) is 2.20. The van der Waals surface area contributed by atoms with Crippen LogP contribution in [0.25, 0.3) is 10.6 Å². The molecule has 0 fully saturated rings. The molecule has 2 aromatic rings. The molecule has 0 saturated carbocycles. The second-order valence-electron chi connectivity index (χ2n) is 3.12. The van der Waals surface area contributed by atoms with Gasteiger partial charge in [0.25, 0.3) is 0 Å². The zero-order valence-corrected chi connectivity index (χ0v) is 9.40. The summed E-state index contributed by atoms with van der Waals surface area (Å²) in [5.41, 5.74) is 3.38. The lowest BCUT2D eigenvalue weighted by atomic mass is 10.2. The summed E-state index contributed by atoms with van der Waals surface area (Å²) in [6, 6.07) is 8.21. The van der Waals surface area contributed by atoms with E-state index in [2.05, 4.69) is 22.5 Å². The van der Waals surface area contributed by atoms with Gasteiger partial charge in [0, 0.05) is 22.5 Å². The maximum atomic E-state index is 5.72. The Labute approximate surface area is 92.4 Å². The molecule has 0 atom stereocenters. The molecule has 1 aromatic heterocycles. The van der Waals surface area contributed by atoms with E-state index in [1.165, 1.54) is 0 Å². The number of benzene rings is 1. The number of rotatable bonds is 2. The highest BCUT2D eigenvalue weighted by atomic mass is 35.5. The summed E-state index contributed by atoms with van der Waals surface area (Å²) in [5, 5.41) is 3.13. The van der Waals surface area contributed by atoms with Gasteiger partial charge in [0.1, 0.15) is 5.01 Å². The first-order chi connectivity index (χ1) is 6.79. The van der Waals surface area contributed by atoms with Crippen LogP contribution in [0.5, 0.6) is 0 Å². The molecule has 0 aliphatic rings.